The van der Waals surface area contributed by atoms with Crippen molar-refractivity contribution in [1.29, 1.82) is 0 Å². The SMILES string of the molecule is CC(C)S(=O)(=O)Nc1ccc(S(=O)(=O)NC2CCC([C@H](N)C(=O)N(C)C3CCC3)CC2)cc1. The number of sulfonamides is 2. The molecule has 0 spiro atoms. The fraction of sp³-hybridized carbons (Fsp3) is 0.682. The Morgan fingerprint density at radius 2 is 1.58 bits per heavy atom. The highest BCUT2D eigenvalue weighted by Crippen LogP contribution is 2.30. The van der Waals surface area contributed by atoms with Crippen molar-refractivity contribution < 1.29 is 21.6 Å². The zero-order chi connectivity index (χ0) is 24.4. The third-order valence-corrected chi connectivity index (χ3v) is 10.2. The number of nitrogens with zero attached hydrogens (tertiary/aromatic N) is 1. The van der Waals surface area contributed by atoms with Gasteiger partial charge in [0.05, 0.1) is 16.2 Å². The zero-order valence-electron chi connectivity index (χ0n) is 19.5. The maximum absolute atomic E-state index is 12.8. The molecular formula is C22H36N4O5S2. The molecule has 1 atom stereocenters. The molecule has 0 aromatic heterocycles. The number of likely N-dealkylation sites (N-methyl/N-ethyl adjacent to an activating group) is 1. The molecule has 2 saturated carbocycles. The lowest BCUT2D eigenvalue weighted by atomic mass is 9.81. The Balaban J connectivity index is 1.53. The van der Waals surface area contributed by atoms with E-state index in [4.69, 9.17) is 5.73 Å². The summed E-state index contributed by atoms with van der Waals surface area (Å²) in [5.41, 5.74) is 6.58. The second-order valence-electron chi connectivity index (χ2n) is 9.51. The van der Waals surface area contributed by atoms with Crippen molar-refractivity contribution in [3.8, 4) is 0 Å². The maximum Gasteiger partial charge on any atom is 0.240 e. The molecule has 0 saturated heterocycles. The van der Waals surface area contributed by atoms with Crippen LogP contribution in [0.4, 0.5) is 5.69 Å². The van der Waals surface area contributed by atoms with Gasteiger partial charge in [0, 0.05) is 24.8 Å². The number of rotatable bonds is 9. The number of hydrogen-bond donors (Lipinski definition) is 3. The van der Waals surface area contributed by atoms with Gasteiger partial charge in [0.15, 0.2) is 0 Å². The molecule has 0 unspecified atom stereocenters. The van der Waals surface area contributed by atoms with Crippen molar-refractivity contribution in [2.45, 2.75) is 87.1 Å². The molecule has 186 valence electrons. The van der Waals surface area contributed by atoms with E-state index in [9.17, 15) is 21.6 Å². The van der Waals surface area contributed by atoms with Crippen LogP contribution in [-0.2, 0) is 24.8 Å². The van der Waals surface area contributed by atoms with Gasteiger partial charge in [-0.1, -0.05) is 0 Å². The van der Waals surface area contributed by atoms with E-state index in [1.807, 2.05) is 7.05 Å². The molecule has 2 aliphatic rings. The number of nitrogens with one attached hydrogen (secondary N) is 2. The molecule has 1 amide bonds. The number of nitrogens with two attached hydrogens (primary N) is 1. The van der Waals surface area contributed by atoms with E-state index in [-0.39, 0.29) is 22.8 Å². The van der Waals surface area contributed by atoms with Gasteiger partial charge in [-0.3, -0.25) is 9.52 Å². The maximum atomic E-state index is 12.8. The van der Waals surface area contributed by atoms with Gasteiger partial charge in [0.2, 0.25) is 26.0 Å². The van der Waals surface area contributed by atoms with Gasteiger partial charge in [-0.2, -0.15) is 0 Å². The van der Waals surface area contributed by atoms with E-state index in [1.54, 1.807) is 18.7 Å². The van der Waals surface area contributed by atoms with Gasteiger partial charge < -0.3 is 10.6 Å². The van der Waals surface area contributed by atoms with Crippen molar-refractivity contribution in [3.05, 3.63) is 24.3 Å². The van der Waals surface area contributed by atoms with Crippen molar-refractivity contribution in [3.63, 3.8) is 0 Å². The standard InChI is InChI=1S/C22H36N4O5S2/c1-15(2)32(28,29)24-18-11-13-20(14-12-18)33(30,31)25-17-9-7-16(8-10-17)21(23)22(27)26(3)19-5-4-6-19/h11-17,19,21,24-25H,4-10,23H2,1-3H3/t16?,17?,21-/m0/s1. The highest BCUT2D eigenvalue weighted by atomic mass is 32.2. The summed E-state index contributed by atoms with van der Waals surface area (Å²) >= 11 is 0. The topological polar surface area (TPSA) is 139 Å². The zero-order valence-corrected chi connectivity index (χ0v) is 21.2. The summed E-state index contributed by atoms with van der Waals surface area (Å²) in [4.78, 5) is 14.5. The van der Waals surface area contributed by atoms with Crippen molar-refractivity contribution >= 4 is 31.6 Å². The Morgan fingerprint density at radius 3 is 2.06 bits per heavy atom. The Morgan fingerprint density at radius 1 is 1.00 bits per heavy atom. The van der Waals surface area contributed by atoms with Crippen LogP contribution >= 0.6 is 0 Å². The number of hydrogen-bond acceptors (Lipinski definition) is 6. The predicted molar refractivity (Wildman–Crippen MR) is 129 cm³/mol. The molecule has 2 fully saturated rings. The van der Waals surface area contributed by atoms with Crippen molar-refractivity contribution in [2.75, 3.05) is 11.8 Å². The van der Waals surface area contributed by atoms with Gasteiger partial charge in [0.25, 0.3) is 0 Å². The predicted octanol–water partition coefficient (Wildman–Crippen LogP) is 2.01. The molecule has 2 aliphatic carbocycles. The van der Waals surface area contributed by atoms with Gasteiger partial charge in [-0.05, 0) is 89.0 Å². The summed E-state index contributed by atoms with van der Waals surface area (Å²) in [5, 5.41) is -0.597. The van der Waals surface area contributed by atoms with Crippen LogP contribution in [0.1, 0.15) is 58.8 Å². The highest BCUT2D eigenvalue weighted by Gasteiger charge is 2.35. The molecule has 4 N–H and O–H groups in total. The van der Waals surface area contributed by atoms with Gasteiger partial charge in [0.1, 0.15) is 0 Å². The Bertz CT molecular complexity index is 1030. The molecule has 0 aliphatic heterocycles. The largest absolute Gasteiger partial charge is 0.341 e. The smallest absolute Gasteiger partial charge is 0.240 e. The molecular weight excluding hydrogens is 464 g/mol. The minimum atomic E-state index is -3.74. The summed E-state index contributed by atoms with van der Waals surface area (Å²) in [6, 6.07) is 5.18. The number of carbonyl (C=O) groups is 1. The minimum Gasteiger partial charge on any atom is -0.341 e. The van der Waals surface area contributed by atoms with E-state index < -0.39 is 31.3 Å². The second-order valence-corrected chi connectivity index (χ2v) is 13.5. The summed E-state index contributed by atoms with van der Waals surface area (Å²) in [5.74, 6) is 0.0333. The molecule has 3 rings (SSSR count). The van der Waals surface area contributed by atoms with Crippen LogP contribution in [0, 0.1) is 5.92 Å². The molecule has 11 heteroatoms. The van der Waals surface area contributed by atoms with Crippen molar-refractivity contribution in [2.24, 2.45) is 11.7 Å². The molecule has 1 aromatic rings. The van der Waals surface area contributed by atoms with Crippen LogP contribution < -0.4 is 15.2 Å². The van der Waals surface area contributed by atoms with Gasteiger partial charge in [-0.25, -0.2) is 21.6 Å². The van der Waals surface area contributed by atoms with Gasteiger partial charge >= 0.3 is 0 Å². The second kappa shape index (κ2) is 10.3. The number of anilines is 1. The summed E-state index contributed by atoms with van der Waals surface area (Å²) in [6.45, 7) is 3.13. The van der Waals surface area contributed by atoms with Crippen LogP contribution in [-0.4, -0.2) is 58.1 Å². The number of carbonyl (C=O) groups excluding carboxylic acids is 1. The Hall–Kier alpha value is -1.69. The van der Waals surface area contributed by atoms with E-state index in [0.29, 0.717) is 37.4 Å². The third-order valence-electron chi connectivity index (χ3n) is 6.90. The van der Waals surface area contributed by atoms with E-state index in [1.165, 1.54) is 24.3 Å². The first-order valence-corrected chi connectivity index (χ1v) is 14.6. The van der Waals surface area contributed by atoms with Crippen LogP contribution in [0.2, 0.25) is 0 Å². The highest BCUT2D eigenvalue weighted by molar-refractivity contribution is 7.93. The third kappa shape index (κ3) is 6.26. The minimum absolute atomic E-state index is 0.0167. The van der Waals surface area contributed by atoms with Crippen LogP contribution in [0.3, 0.4) is 0 Å². The monoisotopic (exact) mass is 500 g/mol. The first-order chi connectivity index (χ1) is 15.4. The van der Waals surface area contributed by atoms with E-state index >= 15 is 0 Å². The van der Waals surface area contributed by atoms with Crippen LogP contribution in [0.15, 0.2) is 29.2 Å². The molecule has 9 nitrogen and oxygen atoms in total. The summed E-state index contributed by atoms with van der Waals surface area (Å²) < 4.78 is 54.7. The fourth-order valence-corrected chi connectivity index (χ4v) is 6.26. The average Bonchev–Trinajstić information content (AvgIpc) is 2.71. The lowest BCUT2D eigenvalue weighted by Crippen LogP contribution is -2.52. The van der Waals surface area contributed by atoms with Crippen LogP contribution in [0.25, 0.3) is 0 Å². The fourth-order valence-electron chi connectivity index (χ4n) is 4.26. The van der Waals surface area contributed by atoms with Crippen molar-refractivity contribution in [1.82, 2.24) is 9.62 Å². The Labute approximate surface area is 197 Å². The number of amides is 1. The quantitative estimate of drug-likeness (QED) is 0.474. The molecule has 0 heterocycles. The van der Waals surface area contributed by atoms with E-state index in [2.05, 4.69) is 9.44 Å². The van der Waals surface area contributed by atoms with E-state index in [0.717, 1.165) is 19.3 Å². The lowest BCUT2D eigenvalue weighted by Gasteiger charge is -2.38. The number of benzene rings is 1. The molecule has 0 radical (unpaired) electrons. The first-order valence-electron chi connectivity index (χ1n) is 11.6. The van der Waals surface area contributed by atoms with Gasteiger partial charge in [-0.15, -0.1) is 0 Å². The van der Waals surface area contributed by atoms with Crippen LogP contribution in [0.5, 0.6) is 0 Å². The summed E-state index contributed by atoms with van der Waals surface area (Å²) in [7, 11) is -5.42. The summed E-state index contributed by atoms with van der Waals surface area (Å²) in [6.07, 6.45) is 5.83. The first kappa shape index (κ1) is 25.9. The molecule has 33 heavy (non-hydrogen) atoms. The lowest BCUT2D eigenvalue weighted by molar-refractivity contribution is -0.136. The average molecular weight is 501 g/mol. The normalized spacial score (nSPS) is 23.1. The Kier molecular flexibility index (Phi) is 8.08. The molecule has 0 bridgehead atoms. The molecule has 1 aromatic carbocycles.